The van der Waals surface area contributed by atoms with Gasteiger partial charge in [-0.25, -0.2) is 0 Å². The Bertz CT molecular complexity index is 502. The maximum atomic E-state index is 12.3. The predicted molar refractivity (Wildman–Crippen MR) is 66.3 cm³/mol. The molecule has 0 aromatic carbocycles. The second-order valence-electron chi connectivity index (χ2n) is 4.48. The molecule has 5 heteroatoms. The van der Waals surface area contributed by atoms with Gasteiger partial charge in [0.15, 0.2) is 0 Å². The molecule has 0 unspecified atom stereocenters. The minimum Gasteiger partial charge on any atom is -0.480 e. The van der Waals surface area contributed by atoms with E-state index < -0.39 is 5.97 Å². The molecule has 0 bridgehead atoms. The first kappa shape index (κ1) is 12.4. The summed E-state index contributed by atoms with van der Waals surface area (Å²) in [7, 11) is 0. The molecule has 1 aromatic heterocycles. The lowest BCUT2D eigenvalue weighted by Crippen LogP contribution is -2.36. The zero-order valence-corrected chi connectivity index (χ0v) is 10.3. The van der Waals surface area contributed by atoms with Crippen LogP contribution in [0.3, 0.4) is 0 Å². The van der Waals surface area contributed by atoms with Gasteiger partial charge in [0.05, 0.1) is 0 Å². The van der Waals surface area contributed by atoms with Crippen LogP contribution in [0, 0.1) is 0 Å². The Morgan fingerprint density at radius 1 is 1.44 bits per heavy atom. The van der Waals surface area contributed by atoms with E-state index in [-0.39, 0.29) is 12.5 Å². The standard InChI is InChI=1S/C13H16N2O3/c1-10-4-2-7-15(8-10)13(18)11-5-3-6-14(11)9-12(16)17/h3-6H,2,7-9H2,1H3,(H,16,17). The summed E-state index contributed by atoms with van der Waals surface area (Å²) in [5.74, 6) is -1.05. The van der Waals surface area contributed by atoms with E-state index >= 15 is 0 Å². The van der Waals surface area contributed by atoms with E-state index in [1.165, 1.54) is 10.1 Å². The van der Waals surface area contributed by atoms with Crippen molar-refractivity contribution in [2.45, 2.75) is 19.9 Å². The molecule has 1 amide bonds. The van der Waals surface area contributed by atoms with Gasteiger partial charge in [-0.15, -0.1) is 0 Å². The lowest BCUT2D eigenvalue weighted by atomic mass is 10.1. The summed E-state index contributed by atoms with van der Waals surface area (Å²) in [6.45, 7) is 3.12. The van der Waals surface area contributed by atoms with Crippen LogP contribution in [0.2, 0.25) is 0 Å². The van der Waals surface area contributed by atoms with E-state index in [1.807, 2.05) is 6.92 Å². The lowest BCUT2D eigenvalue weighted by molar-refractivity contribution is -0.137. The number of amides is 1. The third-order valence-corrected chi connectivity index (χ3v) is 2.97. The Balaban J connectivity index is 2.16. The summed E-state index contributed by atoms with van der Waals surface area (Å²) >= 11 is 0. The smallest absolute Gasteiger partial charge is 0.323 e. The zero-order chi connectivity index (χ0) is 13.1. The van der Waals surface area contributed by atoms with Gasteiger partial charge in [0.1, 0.15) is 12.2 Å². The third kappa shape index (κ3) is 2.61. The Labute approximate surface area is 105 Å². The summed E-state index contributed by atoms with van der Waals surface area (Å²) in [6.07, 6.45) is 4.60. The molecular formula is C13H16N2O3. The van der Waals surface area contributed by atoms with Gasteiger partial charge in [0.25, 0.3) is 5.91 Å². The van der Waals surface area contributed by atoms with Crippen LogP contribution in [0.15, 0.2) is 30.0 Å². The Morgan fingerprint density at radius 3 is 2.89 bits per heavy atom. The lowest BCUT2D eigenvalue weighted by Gasteiger charge is -2.26. The van der Waals surface area contributed by atoms with Crippen molar-refractivity contribution in [1.82, 2.24) is 9.47 Å². The molecule has 0 saturated heterocycles. The monoisotopic (exact) mass is 248 g/mol. The minimum absolute atomic E-state index is 0.103. The van der Waals surface area contributed by atoms with Crippen molar-refractivity contribution < 1.29 is 14.7 Å². The average Bonchev–Trinajstić information content (AvgIpc) is 2.75. The SMILES string of the molecule is CC1=CCCN(C(=O)c2cccn2CC(=O)O)C1. The number of aromatic nitrogens is 1. The number of carbonyl (C=O) groups excluding carboxylic acids is 1. The van der Waals surface area contributed by atoms with E-state index in [4.69, 9.17) is 5.11 Å². The first-order valence-electron chi connectivity index (χ1n) is 5.90. The van der Waals surface area contributed by atoms with E-state index in [9.17, 15) is 9.59 Å². The molecule has 0 atom stereocenters. The molecular weight excluding hydrogens is 232 g/mol. The molecule has 0 radical (unpaired) electrons. The Morgan fingerprint density at radius 2 is 2.22 bits per heavy atom. The fourth-order valence-corrected chi connectivity index (χ4v) is 2.14. The maximum absolute atomic E-state index is 12.3. The van der Waals surface area contributed by atoms with Crippen LogP contribution in [-0.2, 0) is 11.3 Å². The van der Waals surface area contributed by atoms with E-state index in [0.717, 1.165) is 6.42 Å². The molecule has 1 aliphatic heterocycles. The van der Waals surface area contributed by atoms with Gasteiger partial charge < -0.3 is 14.6 Å². The highest BCUT2D eigenvalue weighted by atomic mass is 16.4. The molecule has 5 nitrogen and oxygen atoms in total. The number of carbonyl (C=O) groups is 2. The third-order valence-electron chi connectivity index (χ3n) is 2.97. The Kier molecular flexibility index (Phi) is 3.50. The van der Waals surface area contributed by atoms with Gasteiger partial charge in [-0.2, -0.15) is 0 Å². The predicted octanol–water partition coefficient (Wildman–Crippen LogP) is 1.36. The van der Waals surface area contributed by atoms with Crippen molar-refractivity contribution in [3.8, 4) is 0 Å². The highest BCUT2D eigenvalue weighted by Gasteiger charge is 2.21. The number of rotatable bonds is 3. The first-order chi connectivity index (χ1) is 8.58. The highest BCUT2D eigenvalue weighted by molar-refractivity contribution is 5.93. The molecule has 1 N–H and O–H groups in total. The van der Waals surface area contributed by atoms with E-state index in [2.05, 4.69) is 6.08 Å². The van der Waals surface area contributed by atoms with Gasteiger partial charge in [-0.05, 0) is 25.5 Å². The van der Waals surface area contributed by atoms with Crippen LogP contribution in [-0.4, -0.2) is 39.5 Å². The largest absolute Gasteiger partial charge is 0.480 e. The summed E-state index contributed by atoms with van der Waals surface area (Å²) < 4.78 is 1.47. The van der Waals surface area contributed by atoms with Gasteiger partial charge in [-0.3, -0.25) is 9.59 Å². The van der Waals surface area contributed by atoms with Crippen LogP contribution in [0.25, 0.3) is 0 Å². The molecule has 1 aliphatic rings. The van der Waals surface area contributed by atoms with Gasteiger partial charge in [0.2, 0.25) is 0 Å². The molecule has 1 aromatic rings. The van der Waals surface area contributed by atoms with Gasteiger partial charge >= 0.3 is 5.97 Å². The Hall–Kier alpha value is -2.04. The second-order valence-corrected chi connectivity index (χ2v) is 4.48. The summed E-state index contributed by atoms with van der Waals surface area (Å²) in [4.78, 5) is 24.8. The molecule has 96 valence electrons. The van der Waals surface area contributed by atoms with Gasteiger partial charge in [-0.1, -0.05) is 11.6 Å². The quantitative estimate of drug-likeness (QED) is 0.822. The van der Waals surface area contributed by atoms with Crippen LogP contribution in [0.5, 0.6) is 0 Å². The molecule has 0 aliphatic carbocycles. The van der Waals surface area contributed by atoms with Crippen molar-refractivity contribution in [2.75, 3.05) is 13.1 Å². The number of hydrogen-bond donors (Lipinski definition) is 1. The van der Waals surface area contributed by atoms with Crippen LogP contribution in [0.4, 0.5) is 0 Å². The molecule has 2 rings (SSSR count). The van der Waals surface area contributed by atoms with Crippen molar-refractivity contribution >= 4 is 11.9 Å². The number of carboxylic acids is 1. The number of hydrogen-bond acceptors (Lipinski definition) is 2. The molecule has 0 saturated carbocycles. The van der Waals surface area contributed by atoms with Crippen LogP contribution in [0.1, 0.15) is 23.8 Å². The molecule has 0 spiro atoms. The van der Waals surface area contributed by atoms with E-state index in [0.29, 0.717) is 18.8 Å². The first-order valence-corrected chi connectivity index (χ1v) is 5.90. The van der Waals surface area contributed by atoms with Gasteiger partial charge in [0, 0.05) is 19.3 Å². The molecule has 0 fully saturated rings. The van der Waals surface area contributed by atoms with Crippen molar-refractivity contribution in [3.63, 3.8) is 0 Å². The molecule has 2 heterocycles. The second kappa shape index (κ2) is 5.08. The maximum Gasteiger partial charge on any atom is 0.323 e. The van der Waals surface area contributed by atoms with E-state index in [1.54, 1.807) is 23.2 Å². The molecule has 18 heavy (non-hydrogen) atoms. The normalized spacial score (nSPS) is 15.4. The fourth-order valence-electron chi connectivity index (χ4n) is 2.14. The fraction of sp³-hybridized carbons (Fsp3) is 0.385. The summed E-state index contributed by atoms with van der Waals surface area (Å²) in [5.41, 5.74) is 1.61. The summed E-state index contributed by atoms with van der Waals surface area (Å²) in [5, 5.41) is 8.79. The zero-order valence-electron chi connectivity index (χ0n) is 10.3. The topological polar surface area (TPSA) is 62.5 Å². The number of carboxylic acid groups (broad SMARTS) is 1. The highest BCUT2D eigenvalue weighted by Crippen LogP contribution is 2.13. The van der Waals surface area contributed by atoms with Crippen molar-refractivity contribution in [2.24, 2.45) is 0 Å². The minimum atomic E-state index is -0.949. The number of aliphatic carboxylic acids is 1. The summed E-state index contributed by atoms with van der Waals surface area (Å²) in [6, 6.07) is 3.36. The van der Waals surface area contributed by atoms with Crippen molar-refractivity contribution in [1.29, 1.82) is 0 Å². The number of nitrogens with zero attached hydrogens (tertiary/aromatic N) is 2. The van der Waals surface area contributed by atoms with Crippen LogP contribution >= 0.6 is 0 Å². The average molecular weight is 248 g/mol. The van der Waals surface area contributed by atoms with Crippen LogP contribution < -0.4 is 0 Å². The van der Waals surface area contributed by atoms with Crippen molar-refractivity contribution in [3.05, 3.63) is 35.7 Å².